The van der Waals surface area contributed by atoms with Gasteiger partial charge in [-0.25, -0.2) is 4.79 Å². The average Bonchev–Trinajstić information content (AvgIpc) is 2.49. The van der Waals surface area contributed by atoms with Crippen LogP contribution >= 0.6 is 15.9 Å². The minimum atomic E-state index is -0.975. The molecule has 1 atom stereocenters. The predicted molar refractivity (Wildman–Crippen MR) is 91.0 cm³/mol. The van der Waals surface area contributed by atoms with Crippen LogP contribution < -0.4 is 5.32 Å². The molecule has 4 nitrogen and oxygen atoms in total. The smallest absolute Gasteiger partial charge is 0.326 e. The molecule has 1 amide bonds. The van der Waals surface area contributed by atoms with Gasteiger partial charge in [0, 0.05) is 10.0 Å². The number of nitrogens with one attached hydrogen (secondary N) is 1. The lowest BCUT2D eigenvalue weighted by atomic mass is 10.1. The summed E-state index contributed by atoms with van der Waals surface area (Å²) < 4.78 is 0.794. The van der Waals surface area contributed by atoms with Gasteiger partial charge in [0.25, 0.3) is 5.91 Å². The number of hydrogen-bond donors (Lipinski definition) is 2. The Balaban J connectivity index is 2.43. The van der Waals surface area contributed by atoms with Gasteiger partial charge >= 0.3 is 5.97 Å². The highest BCUT2D eigenvalue weighted by Crippen LogP contribution is 2.13. The lowest BCUT2D eigenvalue weighted by Gasteiger charge is -2.14. The molecule has 0 saturated heterocycles. The lowest BCUT2D eigenvalue weighted by Crippen LogP contribution is -2.40. The molecule has 1 rings (SSSR count). The number of rotatable bonds is 10. The maximum absolute atomic E-state index is 12.1. The second kappa shape index (κ2) is 10.4. The van der Waals surface area contributed by atoms with E-state index in [0.717, 1.165) is 23.7 Å². The number of carboxylic acid groups (broad SMARTS) is 1. The van der Waals surface area contributed by atoms with Crippen molar-refractivity contribution in [2.45, 2.75) is 57.9 Å². The molecule has 1 aromatic rings. The first kappa shape index (κ1) is 18.7. The van der Waals surface area contributed by atoms with Crippen LogP contribution in [0, 0.1) is 0 Å². The third-order valence-corrected chi connectivity index (χ3v) is 4.03. The molecule has 0 unspecified atom stereocenters. The van der Waals surface area contributed by atoms with Gasteiger partial charge < -0.3 is 10.4 Å². The van der Waals surface area contributed by atoms with E-state index in [9.17, 15) is 14.7 Å². The number of hydrogen-bond acceptors (Lipinski definition) is 2. The molecule has 0 fully saturated rings. The molecule has 0 aliphatic carbocycles. The van der Waals surface area contributed by atoms with Crippen molar-refractivity contribution in [3.63, 3.8) is 0 Å². The van der Waals surface area contributed by atoms with E-state index < -0.39 is 12.0 Å². The average molecular weight is 370 g/mol. The first-order valence-electron chi connectivity index (χ1n) is 7.83. The highest BCUT2D eigenvalue weighted by atomic mass is 79.9. The maximum atomic E-state index is 12.1. The molecule has 2 N–H and O–H groups in total. The van der Waals surface area contributed by atoms with Gasteiger partial charge in [-0.3, -0.25) is 4.79 Å². The lowest BCUT2D eigenvalue weighted by molar-refractivity contribution is -0.139. The Hall–Kier alpha value is -1.36. The van der Waals surface area contributed by atoms with Crippen molar-refractivity contribution in [1.82, 2.24) is 5.32 Å². The van der Waals surface area contributed by atoms with Gasteiger partial charge in [-0.05, 0) is 24.6 Å². The number of halogens is 1. The molecule has 0 radical (unpaired) electrons. The van der Waals surface area contributed by atoms with Crippen molar-refractivity contribution >= 4 is 27.8 Å². The van der Waals surface area contributed by atoms with Crippen molar-refractivity contribution in [2.75, 3.05) is 0 Å². The van der Waals surface area contributed by atoms with Crippen LogP contribution in [0.5, 0.6) is 0 Å². The fourth-order valence-electron chi connectivity index (χ4n) is 2.26. The van der Waals surface area contributed by atoms with Crippen molar-refractivity contribution in [1.29, 1.82) is 0 Å². The Morgan fingerprint density at radius 2 is 1.86 bits per heavy atom. The molecule has 1 aromatic carbocycles. The van der Waals surface area contributed by atoms with Gasteiger partial charge in [-0.1, -0.05) is 67.4 Å². The van der Waals surface area contributed by atoms with Gasteiger partial charge in [-0.2, -0.15) is 0 Å². The predicted octanol–water partition coefficient (Wildman–Crippen LogP) is 4.38. The molecule has 22 heavy (non-hydrogen) atoms. The van der Waals surface area contributed by atoms with E-state index in [1.165, 1.54) is 19.3 Å². The van der Waals surface area contributed by atoms with Crippen molar-refractivity contribution in [2.24, 2.45) is 0 Å². The van der Waals surface area contributed by atoms with Gasteiger partial charge in [0.15, 0.2) is 0 Å². The number of unbranched alkanes of at least 4 members (excludes halogenated alkanes) is 5. The zero-order valence-corrected chi connectivity index (χ0v) is 14.6. The minimum absolute atomic E-state index is 0.348. The first-order valence-corrected chi connectivity index (χ1v) is 8.63. The highest BCUT2D eigenvalue weighted by molar-refractivity contribution is 9.10. The molecule has 0 aliphatic rings. The molecule has 0 aliphatic heterocycles. The molecular weight excluding hydrogens is 346 g/mol. The Morgan fingerprint density at radius 1 is 1.18 bits per heavy atom. The fraction of sp³-hybridized carbons (Fsp3) is 0.529. The maximum Gasteiger partial charge on any atom is 0.326 e. The first-order chi connectivity index (χ1) is 10.5. The van der Waals surface area contributed by atoms with Crippen molar-refractivity contribution in [3.05, 3.63) is 34.3 Å². The van der Waals surface area contributed by atoms with Gasteiger partial charge in [0.1, 0.15) is 6.04 Å². The minimum Gasteiger partial charge on any atom is -0.480 e. The van der Waals surface area contributed by atoms with Crippen molar-refractivity contribution in [3.8, 4) is 0 Å². The number of amides is 1. The molecule has 0 saturated carbocycles. The number of aliphatic carboxylic acids is 1. The summed E-state index contributed by atoms with van der Waals surface area (Å²) in [5.41, 5.74) is 0.462. The van der Waals surface area contributed by atoms with E-state index >= 15 is 0 Å². The van der Waals surface area contributed by atoms with Crippen LogP contribution in [0.25, 0.3) is 0 Å². The zero-order valence-electron chi connectivity index (χ0n) is 13.0. The summed E-state index contributed by atoms with van der Waals surface area (Å²) in [6.45, 7) is 2.16. The molecule has 122 valence electrons. The number of carbonyl (C=O) groups excluding carboxylic acids is 1. The van der Waals surface area contributed by atoms with Crippen molar-refractivity contribution < 1.29 is 14.7 Å². The molecule has 0 heterocycles. The molecule has 0 bridgehead atoms. The van der Waals surface area contributed by atoms with Crippen LogP contribution in [-0.2, 0) is 4.79 Å². The van der Waals surface area contributed by atoms with Crippen LogP contribution in [0.1, 0.15) is 62.2 Å². The summed E-state index contributed by atoms with van der Waals surface area (Å²) >= 11 is 3.30. The number of carboxylic acids is 1. The van der Waals surface area contributed by atoms with E-state index in [2.05, 4.69) is 28.2 Å². The summed E-state index contributed by atoms with van der Waals surface area (Å²) in [6.07, 6.45) is 7.04. The van der Waals surface area contributed by atoms with Crippen LogP contribution in [0.4, 0.5) is 0 Å². The fourth-order valence-corrected chi connectivity index (χ4v) is 2.66. The second-order valence-corrected chi connectivity index (χ2v) is 6.35. The van der Waals surface area contributed by atoms with E-state index in [1.807, 2.05) is 6.07 Å². The molecule has 0 aromatic heterocycles. The Morgan fingerprint density at radius 3 is 2.50 bits per heavy atom. The van der Waals surface area contributed by atoms with E-state index in [-0.39, 0.29) is 5.91 Å². The topological polar surface area (TPSA) is 66.4 Å². The normalized spacial score (nSPS) is 11.9. The Kier molecular flexibility index (Phi) is 8.82. The van der Waals surface area contributed by atoms with E-state index in [0.29, 0.717) is 12.0 Å². The SMILES string of the molecule is CCCCCCCC[C@@H](NC(=O)c1cccc(Br)c1)C(=O)O. The third-order valence-electron chi connectivity index (χ3n) is 3.54. The summed E-state index contributed by atoms with van der Waals surface area (Å²) in [6, 6.07) is 6.10. The molecule has 0 spiro atoms. The summed E-state index contributed by atoms with van der Waals surface area (Å²) in [5.74, 6) is -1.32. The van der Waals surface area contributed by atoms with Crippen LogP contribution in [0.15, 0.2) is 28.7 Å². The summed E-state index contributed by atoms with van der Waals surface area (Å²) in [5, 5.41) is 11.8. The van der Waals surface area contributed by atoms with Gasteiger partial charge in [0.2, 0.25) is 0 Å². The second-order valence-electron chi connectivity index (χ2n) is 5.43. The Bertz CT molecular complexity index is 491. The summed E-state index contributed by atoms with van der Waals surface area (Å²) in [7, 11) is 0. The number of benzene rings is 1. The van der Waals surface area contributed by atoms with E-state index in [4.69, 9.17) is 0 Å². The quantitative estimate of drug-likeness (QED) is 0.601. The van der Waals surface area contributed by atoms with E-state index in [1.54, 1.807) is 18.2 Å². The zero-order chi connectivity index (χ0) is 16.4. The van der Waals surface area contributed by atoms with Gasteiger partial charge in [-0.15, -0.1) is 0 Å². The summed E-state index contributed by atoms with van der Waals surface area (Å²) in [4.78, 5) is 23.4. The Labute approximate surface area is 140 Å². The van der Waals surface area contributed by atoms with Gasteiger partial charge in [0.05, 0.1) is 0 Å². The standard InChI is InChI=1S/C17H24BrNO3/c1-2-3-4-5-6-7-11-15(17(21)22)19-16(20)13-9-8-10-14(18)12-13/h8-10,12,15H,2-7,11H2,1H3,(H,19,20)(H,21,22)/t15-/m1/s1. The van der Waals surface area contributed by atoms with Crippen LogP contribution in [0.3, 0.4) is 0 Å². The largest absolute Gasteiger partial charge is 0.480 e. The molecular formula is C17H24BrNO3. The molecule has 5 heteroatoms. The monoisotopic (exact) mass is 369 g/mol. The van der Waals surface area contributed by atoms with Crippen LogP contribution in [0.2, 0.25) is 0 Å². The van der Waals surface area contributed by atoms with Crippen LogP contribution in [-0.4, -0.2) is 23.0 Å². The highest BCUT2D eigenvalue weighted by Gasteiger charge is 2.20. The third kappa shape index (κ3) is 7.07. The number of carbonyl (C=O) groups is 2.